The van der Waals surface area contributed by atoms with Gasteiger partial charge in [-0.25, -0.2) is 14.6 Å². The van der Waals surface area contributed by atoms with Crippen LogP contribution in [0, 0.1) is 0 Å². The van der Waals surface area contributed by atoms with Crippen molar-refractivity contribution in [3.8, 4) is 23.0 Å². The molecule has 0 radical (unpaired) electrons. The predicted octanol–water partition coefficient (Wildman–Crippen LogP) is 4.96. The number of fused-ring (bicyclic) bond motifs is 1. The van der Waals surface area contributed by atoms with Crippen molar-refractivity contribution in [1.29, 1.82) is 0 Å². The van der Waals surface area contributed by atoms with Crippen LogP contribution >= 0.6 is 0 Å². The minimum atomic E-state index is -4.59. The highest BCUT2D eigenvalue weighted by Crippen LogP contribution is 2.34. The Kier molecular flexibility index (Phi) is 6.14. The Morgan fingerprint density at radius 3 is 2.54 bits per heavy atom. The molecule has 0 saturated heterocycles. The Morgan fingerprint density at radius 2 is 1.86 bits per heavy atom. The molecule has 1 amide bonds. The van der Waals surface area contributed by atoms with E-state index in [2.05, 4.69) is 15.1 Å². The van der Waals surface area contributed by atoms with Crippen LogP contribution in [0.15, 0.2) is 54.9 Å². The molecular weight excluding hydrogens is 485 g/mol. The molecule has 0 aliphatic carbocycles. The number of aromatic nitrogens is 5. The summed E-state index contributed by atoms with van der Waals surface area (Å²) < 4.78 is 45.4. The first kappa shape index (κ1) is 24.4. The average Bonchev–Trinajstić information content (AvgIpc) is 3.45. The van der Waals surface area contributed by atoms with Gasteiger partial charge in [-0.3, -0.25) is 14.7 Å². The standard InChI is InChI=1S/C26H23F3N6O2/c1-15(2)23-19(5-4-10-30-23)24-31-13-17-11-21(36)34(25(17)32-24)14-16-6-8-18(9-7-16)35-22(37-3)12-20(33-35)26(27,28)29/h4-10,12-13,15H,11,14H2,1-3H3. The molecule has 0 spiro atoms. The van der Waals surface area contributed by atoms with Crippen LogP contribution in [0.5, 0.6) is 5.88 Å². The maximum Gasteiger partial charge on any atom is 0.435 e. The first-order valence-corrected chi connectivity index (χ1v) is 11.6. The highest BCUT2D eigenvalue weighted by Gasteiger charge is 2.35. The summed E-state index contributed by atoms with van der Waals surface area (Å²) in [5.41, 5.74) is 2.55. The topological polar surface area (TPSA) is 86.0 Å². The smallest absolute Gasteiger partial charge is 0.435 e. The molecule has 4 aromatic rings. The zero-order valence-corrected chi connectivity index (χ0v) is 20.3. The van der Waals surface area contributed by atoms with Gasteiger partial charge in [0.2, 0.25) is 11.8 Å². The van der Waals surface area contributed by atoms with Crippen LogP contribution in [0.3, 0.4) is 0 Å². The molecule has 5 rings (SSSR count). The van der Waals surface area contributed by atoms with E-state index in [1.54, 1.807) is 41.6 Å². The zero-order chi connectivity index (χ0) is 26.3. The maximum absolute atomic E-state index is 13.1. The first-order chi connectivity index (χ1) is 17.7. The number of methoxy groups -OCH3 is 1. The van der Waals surface area contributed by atoms with E-state index in [9.17, 15) is 18.0 Å². The number of alkyl halides is 3. The van der Waals surface area contributed by atoms with Gasteiger partial charge in [-0.1, -0.05) is 26.0 Å². The molecule has 190 valence electrons. The van der Waals surface area contributed by atoms with Gasteiger partial charge in [-0.05, 0) is 35.7 Å². The fourth-order valence-corrected chi connectivity index (χ4v) is 4.25. The van der Waals surface area contributed by atoms with Gasteiger partial charge in [-0.2, -0.15) is 18.3 Å². The number of ether oxygens (including phenoxy) is 1. The van der Waals surface area contributed by atoms with Crippen LogP contribution in [0.2, 0.25) is 0 Å². The van der Waals surface area contributed by atoms with Crippen molar-refractivity contribution in [2.24, 2.45) is 0 Å². The molecule has 11 heteroatoms. The van der Waals surface area contributed by atoms with Crippen molar-refractivity contribution in [1.82, 2.24) is 24.7 Å². The number of amides is 1. The van der Waals surface area contributed by atoms with Crippen molar-refractivity contribution in [2.45, 2.75) is 38.9 Å². The Labute approximate surface area is 210 Å². The van der Waals surface area contributed by atoms with E-state index in [-0.39, 0.29) is 30.7 Å². The molecule has 1 aliphatic heterocycles. The fourth-order valence-electron chi connectivity index (χ4n) is 4.25. The minimum Gasteiger partial charge on any atom is -0.481 e. The lowest BCUT2D eigenvalue weighted by molar-refractivity contribution is -0.141. The molecule has 0 unspecified atom stereocenters. The highest BCUT2D eigenvalue weighted by atomic mass is 19.4. The summed E-state index contributed by atoms with van der Waals surface area (Å²) in [6.45, 7) is 4.33. The lowest BCUT2D eigenvalue weighted by Crippen LogP contribution is -2.26. The summed E-state index contributed by atoms with van der Waals surface area (Å²) in [5.74, 6) is 1.07. The number of benzene rings is 1. The third-order valence-electron chi connectivity index (χ3n) is 6.06. The first-order valence-electron chi connectivity index (χ1n) is 11.6. The van der Waals surface area contributed by atoms with Crippen LogP contribution in [-0.2, 0) is 23.9 Å². The van der Waals surface area contributed by atoms with Crippen molar-refractivity contribution < 1.29 is 22.7 Å². The van der Waals surface area contributed by atoms with E-state index in [0.717, 1.165) is 33.1 Å². The summed E-state index contributed by atoms with van der Waals surface area (Å²) in [6, 6.07) is 11.3. The molecule has 0 bridgehead atoms. The fraction of sp³-hybridized carbons (Fsp3) is 0.269. The van der Waals surface area contributed by atoms with Crippen LogP contribution < -0.4 is 9.64 Å². The Bertz CT molecular complexity index is 1460. The third-order valence-corrected chi connectivity index (χ3v) is 6.06. The van der Waals surface area contributed by atoms with E-state index in [1.807, 2.05) is 26.0 Å². The second kappa shape index (κ2) is 9.30. The van der Waals surface area contributed by atoms with Gasteiger partial charge in [0.05, 0.1) is 31.5 Å². The van der Waals surface area contributed by atoms with Gasteiger partial charge in [0.15, 0.2) is 11.5 Å². The normalized spacial score (nSPS) is 13.4. The summed E-state index contributed by atoms with van der Waals surface area (Å²) in [5, 5.41) is 3.64. The molecule has 0 fully saturated rings. The van der Waals surface area contributed by atoms with Gasteiger partial charge in [0.25, 0.3) is 0 Å². The SMILES string of the molecule is COc1cc(C(F)(F)F)nn1-c1ccc(CN2C(=O)Cc3cnc(-c4cccnc4C(C)C)nc32)cc1. The summed E-state index contributed by atoms with van der Waals surface area (Å²) in [6.07, 6.45) is -0.983. The number of pyridine rings is 1. The van der Waals surface area contributed by atoms with Crippen LogP contribution in [-0.4, -0.2) is 37.7 Å². The van der Waals surface area contributed by atoms with Gasteiger partial charge < -0.3 is 4.74 Å². The van der Waals surface area contributed by atoms with Gasteiger partial charge in [-0.15, -0.1) is 0 Å². The molecule has 4 heterocycles. The van der Waals surface area contributed by atoms with Crippen molar-refractivity contribution in [3.63, 3.8) is 0 Å². The maximum atomic E-state index is 13.1. The third kappa shape index (κ3) is 4.64. The van der Waals surface area contributed by atoms with Crippen molar-refractivity contribution >= 4 is 11.7 Å². The second-order valence-electron chi connectivity index (χ2n) is 8.94. The zero-order valence-electron chi connectivity index (χ0n) is 20.3. The van der Waals surface area contributed by atoms with E-state index < -0.39 is 11.9 Å². The number of hydrogen-bond donors (Lipinski definition) is 0. The second-order valence-corrected chi connectivity index (χ2v) is 8.94. The molecule has 3 aromatic heterocycles. The van der Waals surface area contributed by atoms with E-state index >= 15 is 0 Å². The van der Waals surface area contributed by atoms with Crippen LogP contribution in [0.4, 0.5) is 19.0 Å². The molecule has 8 nitrogen and oxygen atoms in total. The van der Waals surface area contributed by atoms with Crippen LogP contribution in [0.1, 0.15) is 42.3 Å². The average molecular weight is 509 g/mol. The Hall–Kier alpha value is -4.28. The molecule has 0 atom stereocenters. The molecule has 1 aliphatic rings. The molecule has 0 N–H and O–H groups in total. The van der Waals surface area contributed by atoms with Gasteiger partial charge in [0.1, 0.15) is 5.82 Å². The number of nitrogens with zero attached hydrogens (tertiary/aromatic N) is 6. The number of halogens is 3. The van der Waals surface area contributed by atoms with Crippen LogP contribution in [0.25, 0.3) is 17.1 Å². The summed E-state index contributed by atoms with van der Waals surface area (Å²) >= 11 is 0. The minimum absolute atomic E-state index is 0.0379. The number of hydrogen-bond acceptors (Lipinski definition) is 6. The largest absolute Gasteiger partial charge is 0.481 e. The lowest BCUT2D eigenvalue weighted by atomic mass is 10.0. The summed E-state index contributed by atoms with van der Waals surface area (Å²) in [7, 11) is 1.28. The molecule has 0 saturated carbocycles. The number of carbonyl (C=O) groups is 1. The van der Waals surface area contributed by atoms with Crippen molar-refractivity contribution in [3.05, 3.63) is 77.4 Å². The number of anilines is 1. The highest BCUT2D eigenvalue weighted by molar-refractivity contribution is 6.00. The predicted molar refractivity (Wildman–Crippen MR) is 129 cm³/mol. The molecule has 37 heavy (non-hydrogen) atoms. The molecule has 1 aromatic carbocycles. The Morgan fingerprint density at radius 1 is 1.11 bits per heavy atom. The van der Waals surface area contributed by atoms with Gasteiger partial charge >= 0.3 is 6.18 Å². The quantitative estimate of drug-likeness (QED) is 0.366. The monoisotopic (exact) mass is 508 g/mol. The van der Waals surface area contributed by atoms with E-state index in [1.165, 1.54) is 7.11 Å². The van der Waals surface area contributed by atoms with Crippen molar-refractivity contribution in [2.75, 3.05) is 12.0 Å². The van der Waals surface area contributed by atoms with E-state index in [0.29, 0.717) is 17.3 Å². The van der Waals surface area contributed by atoms with Gasteiger partial charge in [0, 0.05) is 29.6 Å². The summed E-state index contributed by atoms with van der Waals surface area (Å²) in [4.78, 5) is 28.1. The lowest BCUT2D eigenvalue weighted by Gasteiger charge is -2.18. The van der Waals surface area contributed by atoms with E-state index in [4.69, 9.17) is 9.72 Å². The Balaban J connectivity index is 1.42. The molecular formula is C26H23F3N6O2. The number of rotatable bonds is 6. The number of carbonyl (C=O) groups excluding carboxylic acids is 1.